The first-order valence-electron chi connectivity index (χ1n) is 7.08. The summed E-state index contributed by atoms with van der Waals surface area (Å²) in [7, 11) is 0. The molecule has 2 fully saturated rings. The highest BCUT2D eigenvalue weighted by molar-refractivity contribution is 5.71. The van der Waals surface area contributed by atoms with Gasteiger partial charge in [-0.15, -0.1) is 0 Å². The van der Waals surface area contributed by atoms with Gasteiger partial charge in [-0.25, -0.2) is 0 Å². The van der Waals surface area contributed by atoms with Crippen LogP contribution in [0, 0.1) is 22.7 Å². The molecule has 0 saturated heterocycles. The van der Waals surface area contributed by atoms with E-state index in [0.29, 0.717) is 5.41 Å². The van der Waals surface area contributed by atoms with Crippen molar-refractivity contribution in [2.75, 3.05) is 0 Å². The maximum absolute atomic E-state index is 11.4. The summed E-state index contributed by atoms with van der Waals surface area (Å²) < 4.78 is 0. The molecule has 2 aliphatic rings. The van der Waals surface area contributed by atoms with Crippen molar-refractivity contribution in [3.05, 3.63) is 0 Å². The Morgan fingerprint density at radius 1 is 1.12 bits per heavy atom. The minimum absolute atomic E-state index is 0.0524. The van der Waals surface area contributed by atoms with Crippen molar-refractivity contribution >= 4 is 5.97 Å². The second-order valence-corrected chi connectivity index (χ2v) is 7.29. The fourth-order valence-corrected chi connectivity index (χ4v) is 4.18. The average Bonchev–Trinajstić information content (AvgIpc) is 2.61. The van der Waals surface area contributed by atoms with Gasteiger partial charge < -0.3 is 5.11 Å². The fourth-order valence-electron chi connectivity index (χ4n) is 4.18. The van der Waals surface area contributed by atoms with Crippen molar-refractivity contribution in [3.8, 4) is 0 Å². The summed E-state index contributed by atoms with van der Waals surface area (Å²) in [6, 6.07) is 0. The van der Waals surface area contributed by atoms with Crippen molar-refractivity contribution in [2.45, 2.75) is 65.7 Å². The molecule has 2 nitrogen and oxygen atoms in total. The van der Waals surface area contributed by atoms with E-state index in [-0.39, 0.29) is 11.3 Å². The lowest BCUT2D eigenvalue weighted by Crippen LogP contribution is -2.37. The van der Waals surface area contributed by atoms with Crippen molar-refractivity contribution in [2.24, 2.45) is 22.7 Å². The molecule has 98 valence electrons. The van der Waals surface area contributed by atoms with E-state index >= 15 is 0 Å². The highest BCUT2D eigenvalue weighted by atomic mass is 16.4. The SMILES string of the molecule is CC(C)(C)C1CCC2(CCCC2C(=O)O)CC1. The summed E-state index contributed by atoms with van der Waals surface area (Å²) in [5.74, 6) is 0.184. The lowest BCUT2D eigenvalue weighted by atomic mass is 9.61. The molecule has 0 aromatic heterocycles. The Labute approximate surface area is 105 Å². The smallest absolute Gasteiger partial charge is 0.307 e. The van der Waals surface area contributed by atoms with E-state index in [1.54, 1.807) is 0 Å². The van der Waals surface area contributed by atoms with Crippen LogP contribution in [0.1, 0.15) is 65.7 Å². The van der Waals surface area contributed by atoms with Crippen molar-refractivity contribution < 1.29 is 9.90 Å². The average molecular weight is 238 g/mol. The molecule has 0 bridgehead atoms. The topological polar surface area (TPSA) is 37.3 Å². The van der Waals surface area contributed by atoms with Crippen molar-refractivity contribution in [1.82, 2.24) is 0 Å². The van der Waals surface area contributed by atoms with Gasteiger partial charge in [0, 0.05) is 0 Å². The van der Waals surface area contributed by atoms with Gasteiger partial charge in [-0.2, -0.15) is 0 Å². The van der Waals surface area contributed by atoms with Gasteiger partial charge in [-0.3, -0.25) is 4.79 Å². The van der Waals surface area contributed by atoms with E-state index in [0.717, 1.165) is 38.0 Å². The summed E-state index contributed by atoms with van der Waals surface area (Å²) in [4.78, 5) is 11.4. The fraction of sp³-hybridized carbons (Fsp3) is 0.933. The number of rotatable bonds is 1. The molecule has 0 aliphatic heterocycles. The summed E-state index contributed by atoms with van der Waals surface area (Å²) in [6.07, 6.45) is 7.94. The third-order valence-electron chi connectivity index (χ3n) is 5.41. The van der Waals surface area contributed by atoms with Crippen LogP contribution in [0.4, 0.5) is 0 Å². The molecule has 0 aromatic carbocycles. The Hall–Kier alpha value is -0.530. The molecule has 2 rings (SSSR count). The molecular formula is C15H26O2. The minimum Gasteiger partial charge on any atom is -0.481 e. The predicted octanol–water partition coefficient (Wildman–Crippen LogP) is 4.09. The van der Waals surface area contributed by atoms with Crippen LogP contribution >= 0.6 is 0 Å². The van der Waals surface area contributed by atoms with E-state index < -0.39 is 5.97 Å². The first-order chi connectivity index (χ1) is 7.85. The second kappa shape index (κ2) is 4.29. The first-order valence-corrected chi connectivity index (χ1v) is 7.08. The lowest BCUT2D eigenvalue weighted by Gasteiger charge is -2.44. The maximum Gasteiger partial charge on any atom is 0.307 e. The van der Waals surface area contributed by atoms with Gasteiger partial charge in [0.25, 0.3) is 0 Å². The van der Waals surface area contributed by atoms with Crippen LogP contribution < -0.4 is 0 Å². The normalized spacial score (nSPS) is 38.5. The molecular weight excluding hydrogens is 212 g/mol. The van der Waals surface area contributed by atoms with Gasteiger partial charge in [-0.1, -0.05) is 27.2 Å². The first kappa shape index (κ1) is 12.9. The number of aliphatic carboxylic acids is 1. The van der Waals surface area contributed by atoms with E-state index in [1.807, 2.05) is 0 Å². The van der Waals surface area contributed by atoms with Gasteiger partial charge in [-0.05, 0) is 55.3 Å². The summed E-state index contributed by atoms with van der Waals surface area (Å²) in [6.45, 7) is 6.96. The molecule has 17 heavy (non-hydrogen) atoms. The Morgan fingerprint density at radius 2 is 1.71 bits per heavy atom. The van der Waals surface area contributed by atoms with Gasteiger partial charge in [0.15, 0.2) is 0 Å². The highest BCUT2D eigenvalue weighted by Crippen LogP contribution is 2.55. The number of carbonyl (C=O) groups is 1. The molecule has 0 amide bonds. The third kappa shape index (κ3) is 2.36. The van der Waals surface area contributed by atoms with Gasteiger partial charge in [0.2, 0.25) is 0 Å². The molecule has 0 radical (unpaired) electrons. The minimum atomic E-state index is -0.545. The molecule has 1 N–H and O–H groups in total. The molecule has 1 unspecified atom stereocenters. The Kier molecular flexibility index (Phi) is 3.26. The largest absolute Gasteiger partial charge is 0.481 e. The zero-order chi connectivity index (χ0) is 12.7. The molecule has 1 atom stereocenters. The molecule has 2 aliphatic carbocycles. The zero-order valence-electron chi connectivity index (χ0n) is 11.5. The lowest BCUT2D eigenvalue weighted by molar-refractivity contribution is -0.146. The van der Waals surface area contributed by atoms with Crippen molar-refractivity contribution in [3.63, 3.8) is 0 Å². The molecule has 0 heterocycles. The van der Waals surface area contributed by atoms with Gasteiger partial charge >= 0.3 is 5.97 Å². The van der Waals surface area contributed by atoms with Crippen LogP contribution in [0.5, 0.6) is 0 Å². The molecule has 2 saturated carbocycles. The van der Waals surface area contributed by atoms with E-state index in [9.17, 15) is 9.90 Å². The quantitative estimate of drug-likeness (QED) is 0.747. The Morgan fingerprint density at radius 3 is 2.18 bits per heavy atom. The molecule has 2 heteroatoms. The maximum atomic E-state index is 11.4. The highest BCUT2D eigenvalue weighted by Gasteiger charge is 2.49. The third-order valence-corrected chi connectivity index (χ3v) is 5.41. The Balaban J connectivity index is 2.04. The monoisotopic (exact) mass is 238 g/mol. The van der Waals surface area contributed by atoms with Crippen LogP contribution in [-0.4, -0.2) is 11.1 Å². The van der Waals surface area contributed by atoms with Gasteiger partial charge in [0.1, 0.15) is 0 Å². The molecule has 0 aromatic rings. The second-order valence-electron chi connectivity index (χ2n) is 7.29. The van der Waals surface area contributed by atoms with Gasteiger partial charge in [0.05, 0.1) is 5.92 Å². The number of carboxylic acid groups (broad SMARTS) is 1. The van der Waals surface area contributed by atoms with Crippen molar-refractivity contribution in [1.29, 1.82) is 0 Å². The summed E-state index contributed by atoms with van der Waals surface area (Å²) in [5.41, 5.74) is 0.548. The summed E-state index contributed by atoms with van der Waals surface area (Å²) in [5, 5.41) is 9.36. The zero-order valence-corrected chi connectivity index (χ0v) is 11.5. The predicted molar refractivity (Wildman–Crippen MR) is 68.8 cm³/mol. The Bertz CT molecular complexity index is 293. The van der Waals surface area contributed by atoms with E-state index in [4.69, 9.17) is 0 Å². The van der Waals surface area contributed by atoms with Crippen LogP contribution in [-0.2, 0) is 4.79 Å². The number of hydrogen-bond donors (Lipinski definition) is 1. The van der Waals surface area contributed by atoms with Crippen LogP contribution in [0.25, 0.3) is 0 Å². The number of carboxylic acids is 1. The van der Waals surface area contributed by atoms with Crippen LogP contribution in [0.15, 0.2) is 0 Å². The van der Waals surface area contributed by atoms with E-state index in [1.165, 1.54) is 12.8 Å². The standard InChI is InChI=1S/C15H26O2/c1-14(2,3)11-6-9-15(10-7-11)8-4-5-12(15)13(16)17/h11-12H,4-10H2,1-3H3,(H,16,17). The summed E-state index contributed by atoms with van der Waals surface area (Å²) >= 11 is 0. The molecule has 1 spiro atoms. The van der Waals surface area contributed by atoms with Crippen LogP contribution in [0.2, 0.25) is 0 Å². The number of hydrogen-bond acceptors (Lipinski definition) is 1. The van der Waals surface area contributed by atoms with E-state index in [2.05, 4.69) is 20.8 Å². The van der Waals surface area contributed by atoms with Crippen LogP contribution in [0.3, 0.4) is 0 Å².